The molecule has 1 aromatic carbocycles. The van der Waals surface area contributed by atoms with E-state index in [9.17, 15) is 9.59 Å². The zero-order valence-electron chi connectivity index (χ0n) is 14.2. The number of thiophene rings is 1. The van der Waals surface area contributed by atoms with E-state index in [1.165, 1.54) is 18.3 Å². The molecule has 1 atom stereocenters. The molecule has 1 aromatic heterocycles. The number of nitrogens with one attached hydrogen (secondary N) is 1. The van der Waals surface area contributed by atoms with E-state index in [-0.39, 0.29) is 6.61 Å². The van der Waals surface area contributed by atoms with E-state index >= 15 is 0 Å². The van der Waals surface area contributed by atoms with Crippen molar-refractivity contribution in [1.82, 2.24) is 0 Å². The Bertz CT molecular complexity index is 802. The van der Waals surface area contributed by atoms with Crippen molar-refractivity contribution in [3.63, 3.8) is 0 Å². The highest BCUT2D eigenvalue weighted by Gasteiger charge is 2.20. The number of hydrogen-bond donors (Lipinski definition) is 1. The van der Waals surface area contributed by atoms with Gasteiger partial charge in [-0.2, -0.15) is 5.26 Å². The smallest absolute Gasteiger partial charge is 0.344 e. The molecule has 0 bridgehead atoms. The molecule has 1 N–H and O–H groups in total. The van der Waals surface area contributed by atoms with Crippen molar-refractivity contribution in [3.05, 3.63) is 46.3 Å². The number of amides is 1. The topological polar surface area (TPSA) is 88.4 Å². The van der Waals surface area contributed by atoms with Crippen molar-refractivity contribution in [3.8, 4) is 11.8 Å². The second-order valence-electron chi connectivity index (χ2n) is 5.41. The maximum absolute atomic E-state index is 12.1. The standard InChI is InChI=1S/C18H18N2O4S/c1-11-5-4-6-12(2)16(11)23-10-15(21)24-13(3)17(22)20-18-14(9-19)7-8-25-18/h4-8,13H,10H2,1-3H3,(H,20,22)/t13-/m0/s1. The van der Waals surface area contributed by atoms with E-state index in [1.54, 1.807) is 11.4 Å². The van der Waals surface area contributed by atoms with Gasteiger partial charge in [0.15, 0.2) is 12.7 Å². The van der Waals surface area contributed by atoms with Crippen LogP contribution in [0.15, 0.2) is 29.6 Å². The van der Waals surface area contributed by atoms with E-state index < -0.39 is 18.0 Å². The molecule has 0 saturated carbocycles. The highest BCUT2D eigenvalue weighted by Crippen LogP contribution is 2.23. The summed E-state index contributed by atoms with van der Waals surface area (Å²) in [5, 5.41) is 13.6. The minimum Gasteiger partial charge on any atom is -0.481 e. The molecule has 6 nitrogen and oxygen atoms in total. The van der Waals surface area contributed by atoms with Crippen molar-refractivity contribution in [2.45, 2.75) is 26.9 Å². The average Bonchev–Trinajstić information content (AvgIpc) is 3.01. The summed E-state index contributed by atoms with van der Waals surface area (Å²) in [6.45, 7) is 4.95. The van der Waals surface area contributed by atoms with Crippen LogP contribution in [0.3, 0.4) is 0 Å². The minimum absolute atomic E-state index is 0.286. The molecule has 130 valence electrons. The largest absolute Gasteiger partial charge is 0.481 e. The second-order valence-corrected chi connectivity index (χ2v) is 6.32. The number of benzene rings is 1. The zero-order valence-corrected chi connectivity index (χ0v) is 15.0. The quantitative estimate of drug-likeness (QED) is 0.801. The summed E-state index contributed by atoms with van der Waals surface area (Å²) in [6, 6.07) is 9.26. The molecular weight excluding hydrogens is 340 g/mol. The van der Waals surface area contributed by atoms with Gasteiger partial charge in [-0.05, 0) is 43.3 Å². The number of nitriles is 1. The Labute approximate surface area is 150 Å². The van der Waals surface area contributed by atoms with Gasteiger partial charge >= 0.3 is 5.97 Å². The molecule has 1 amide bonds. The highest BCUT2D eigenvalue weighted by atomic mass is 32.1. The number of carbonyl (C=O) groups excluding carboxylic acids is 2. The molecule has 2 aromatic rings. The van der Waals surface area contributed by atoms with E-state index in [4.69, 9.17) is 14.7 Å². The predicted octanol–water partition coefficient (Wildman–Crippen LogP) is 3.19. The Balaban J connectivity index is 1.87. The van der Waals surface area contributed by atoms with Crippen molar-refractivity contribution in [2.75, 3.05) is 11.9 Å². The predicted molar refractivity (Wildman–Crippen MR) is 94.6 cm³/mol. The van der Waals surface area contributed by atoms with Gasteiger partial charge in [-0.15, -0.1) is 11.3 Å². The number of rotatable bonds is 6. The number of anilines is 1. The van der Waals surface area contributed by atoms with Crippen LogP contribution < -0.4 is 10.1 Å². The van der Waals surface area contributed by atoms with Crippen LogP contribution in [0.2, 0.25) is 0 Å². The fraction of sp³-hybridized carbons (Fsp3) is 0.278. The second kappa shape index (κ2) is 8.31. The molecule has 0 aliphatic heterocycles. The average molecular weight is 358 g/mol. The minimum atomic E-state index is -0.997. The number of hydrogen-bond acceptors (Lipinski definition) is 6. The summed E-state index contributed by atoms with van der Waals surface area (Å²) in [7, 11) is 0. The Hall–Kier alpha value is -2.85. The summed E-state index contributed by atoms with van der Waals surface area (Å²) in [4.78, 5) is 24.0. The SMILES string of the molecule is Cc1cccc(C)c1OCC(=O)O[C@@H](C)C(=O)Nc1sccc1C#N. The van der Waals surface area contributed by atoms with Gasteiger partial charge in [-0.25, -0.2) is 4.79 Å². The Morgan fingerprint density at radius 2 is 1.96 bits per heavy atom. The molecule has 0 saturated heterocycles. The summed E-state index contributed by atoms with van der Waals surface area (Å²) >= 11 is 1.23. The first-order chi connectivity index (χ1) is 11.9. The van der Waals surface area contributed by atoms with Gasteiger partial charge < -0.3 is 14.8 Å². The molecule has 7 heteroatoms. The van der Waals surface area contributed by atoms with Crippen LogP contribution in [0.4, 0.5) is 5.00 Å². The van der Waals surface area contributed by atoms with Gasteiger partial charge in [0.05, 0.1) is 5.56 Å². The van der Waals surface area contributed by atoms with Crippen LogP contribution in [0.5, 0.6) is 5.75 Å². The van der Waals surface area contributed by atoms with Gasteiger partial charge in [0.2, 0.25) is 0 Å². The number of esters is 1. The third kappa shape index (κ3) is 4.81. The lowest BCUT2D eigenvalue weighted by molar-refractivity contribution is -0.155. The Morgan fingerprint density at radius 3 is 2.60 bits per heavy atom. The summed E-state index contributed by atoms with van der Waals surface area (Å²) in [6.07, 6.45) is -0.997. The van der Waals surface area contributed by atoms with Crippen LogP contribution in [0.1, 0.15) is 23.6 Å². The van der Waals surface area contributed by atoms with Gasteiger partial charge in [-0.1, -0.05) is 18.2 Å². The maximum atomic E-state index is 12.1. The zero-order chi connectivity index (χ0) is 18.4. The lowest BCUT2D eigenvalue weighted by Crippen LogP contribution is -2.31. The van der Waals surface area contributed by atoms with Crippen molar-refractivity contribution in [2.24, 2.45) is 0 Å². The summed E-state index contributed by atoms with van der Waals surface area (Å²) in [5.41, 5.74) is 2.20. The molecule has 25 heavy (non-hydrogen) atoms. The monoisotopic (exact) mass is 358 g/mol. The number of aryl methyl sites for hydroxylation is 2. The Morgan fingerprint density at radius 1 is 1.28 bits per heavy atom. The summed E-state index contributed by atoms with van der Waals surface area (Å²) in [5.74, 6) is -0.509. The van der Waals surface area contributed by atoms with Crippen LogP contribution in [-0.4, -0.2) is 24.6 Å². The van der Waals surface area contributed by atoms with E-state index in [0.717, 1.165) is 11.1 Å². The number of carbonyl (C=O) groups is 2. The third-order valence-corrected chi connectivity index (χ3v) is 4.27. The Kier molecular flexibility index (Phi) is 6.14. The van der Waals surface area contributed by atoms with Crippen LogP contribution in [0.25, 0.3) is 0 Å². The van der Waals surface area contributed by atoms with Gasteiger partial charge in [0.1, 0.15) is 16.8 Å². The summed E-state index contributed by atoms with van der Waals surface area (Å²) < 4.78 is 10.6. The van der Waals surface area contributed by atoms with Crippen LogP contribution in [0, 0.1) is 25.2 Å². The van der Waals surface area contributed by atoms with E-state index in [2.05, 4.69) is 5.32 Å². The lowest BCUT2D eigenvalue weighted by Gasteiger charge is -2.15. The fourth-order valence-electron chi connectivity index (χ4n) is 2.15. The van der Waals surface area contributed by atoms with Gasteiger partial charge in [0.25, 0.3) is 5.91 Å². The van der Waals surface area contributed by atoms with Crippen LogP contribution >= 0.6 is 11.3 Å². The number of nitrogens with zero attached hydrogens (tertiary/aromatic N) is 1. The highest BCUT2D eigenvalue weighted by molar-refractivity contribution is 7.14. The van der Waals surface area contributed by atoms with E-state index in [0.29, 0.717) is 16.3 Å². The van der Waals surface area contributed by atoms with Crippen LogP contribution in [-0.2, 0) is 14.3 Å². The molecular formula is C18H18N2O4S. The molecule has 0 fully saturated rings. The molecule has 0 unspecified atom stereocenters. The van der Waals surface area contributed by atoms with Crippen molar-refractivity contribution >= 4 is 28.2 Å². The lowest BCUT2D eigenvalue weighted by atomic mass is 10.1. The van der Waals surface area contributed by atoms with Gasteiger partial charge in [0, 0.05) is 0 Å². The van der Waals surface area contributed by atoms with Gasteiger partial charge in [-0.3, -0.25) is 4.79 Å². The number of para-hydroxylation sites is 1. The molecule has 0 radical (unpaired) electrons. The van der Waals surface area contributed by atoms with Crippen molar-refractivity contribution < 1.29 is 19.1 Å². The normalized spacial score (nSPS) is 11.3. The molecule has 0 aliphatic carbocycles. The van der Waals surface area contributed by atoms with Crippen molar-refractivity contribution in [1.29, 1.82) is 5.26 Å². The third-order valence-electron chi connectivity index (χ3n) is 3.44. The number of ether oxygens (including phenoxy) is 2. The molecule has 0 spiro atoms. The fourth-order valence-corrected chi connectivity index (χ4v) is 2.89. The molecule has 0 aliphatic rings. The maximum Gasteiger partial charge on any atom is 0.344 e. The molecule has 2 rings (SSSR count). The first kappa shape index (κ1) is 18.5. The van der Waals surface area contributed by atoms with E-state index in [1.807, 2.05) is 38.1 Å². The first-order valence-corrected chi connectivity index (χ1v) is 8.47. The molecule has 1 heterocycles. The first-order valence-electron chi connectivity index (χ1n) is 7.59.